The molecule has 4 aromatic rings. The van der Waals surface area contributed by atoms with Gasteiger partial charge in [-0.2, -0.15) is 5.26 Å². The zero-order valence-electron chi connectivity index (χ0n) is 17.6. The Morgan fingerprint density at radius 1 is 1.03 bits per heavy atom. The van der Waals surface area contributed by atoms with E-state index in [1.54, 1.807) is 10.8 Å². The van der Waals surface area contributed by atoms with Gasteiger partial charge in [-0.25, -0.2) is 0 Å². The van der Waals surface area contributed by atoms with Gasteiger partial charge in [-0.05, 0) is 52.9 Å². The summed E-state index contributed by atoms with van der Waals surface area (Å²) in [6.07, 6.45) is 3.95. The van der Waals surface area contributed by atoms with Crippen LogP contribution in [0.15, 0.2) is 78.5 Å². The van der Waals surface area contributed by atoms with Crippen molar-refractivity contribution in [2.45, 2.75) is 13.0 Å². The number of carboxylic acid groups (broad SMARTS) is 1. The Bertz CT molecular complexity index is 1500. The van der Waals surface area contributed by atoms with Crippen molar-refractivity contribution >= 4 is 34.5 Å². The molecular weight excluding hydrogens is 414 g/mol. The van der Waals surface area contributed by atoms with Crippen molar-refractivity contribution in [2.75, 3.05) is 5.32 Å². The van der Waals surface area contributed by atoms with Gasteiger partial charge in [-0.1, -0.05) is 48.5 Å². The molecule has 3 aromatic carbocycles. The minimum absolute atomic E-state index is 0.0583. The summed E-state index contributed by atoms with van der Waals surface area (Å²) >= 11 is 0. The van der Waals surface area contributed by atoms with Crippen LogP contribution in [0.4, 0.5) is 5.69 Å². The first-order chi connectivity index (χ1) is 16.0. The third-order valence-electron chi connectivity index (χ3n) is 5.84. The Balaban J connectivity index is 1.43. The van der Waals surface area contributed by atoms with Gasteiger partial charge >= 0.3 is 5.97 Å². The number of aromatic nitrogens is 1. The standard InChI is InChI=1S/C27H19N3O3/c28-14-19(12-20-15-30(16-26(31)32)25-8-4-3-7-24(20)25)27(33)29-21-9-10-23-18(13-21)11-17-5-1-2-6-22(17)23/h1-10,12-13,15H,11,16H2,(H,29,33)(H,31,32). The number of hydrogen-bond donors (Lipinski definition) is 2. The SMILES string of the molecule is N#CC(=Cc1cn(CC(=O)O)c2ccccc12)C(=O)Nc1ccc2c(c1)Cc1ccccc1-2. The smallest absolute Gasteiger partial charge is 0.323 e. The fourth-order valence-electron chi connectivity index (χ4n) is 4.39. The number of nitrogens with one attached hydrogen (secondary N) is 1. The number of rotatable bonds is 5. The van der Waals surface area contributed by atoms with E-state index in [0.717, 1.165) is 28.5 Å². The molecule has 0 saturated heterocycles. The van der Waals surface area contributed by atoms with E-state index in [1.165, 1.54) is 17.2 Å². The number of nitrogens with zero attached hydrogens (tertiary/aromatic N) is 2. The molecule has 0 spiro atoms. The largest absolute Gasteiger partial charge is 0.480 e. The lowest BCUT2D eigenvalue weighted by atomic mass is 10.1. The van der Waals surface area contributed by atoms with Gasteiger partial charge in [0.25, 0.3) is 5.91 Å². The Morgan fingerprint density at radius 2 is 1.79 bits per heavy atom. The van der Waals surface area contributed by atoms with Gasteiger partial charge < -0.3 is 15.0 Å². The van der Waals surface area contributed by atoms with E-state index in [0.29, 0.717) is 11.3 Å². The maximum atomic E-state index is 12.9. The fraction of sp³-hybridized carbons (Fsp3) is 0.0741. The van der Waals surface area contributed by atoms with Crippen LogP contribution in [0.1, 0.15) is 16.7 Å². The third kappa shape index (κ3) is 3.77. The number of amides is 1. The molecule has 1 aliphatic carbocycles. The van der Waals surface area contributed by atoms with Crippen molar-refractivity contribution in [1.82, 2.24) is 4.57 Å². The second-order valence-electron chi connectivity index (χ2n) is 7.95. The molecule has 1 aromatic heterocycles. The molecule has 160 valence electrons. The highest BCUT2D eigenvalue weighted by Crippen LogP contribution is 2.37. The van der Waals surface area contributed by atoms with E-state index in [2.05, 4.69) is 17.4 Å². The number of benzene rings is 3. The van der Waals surface area contributed by atoms with Crippen molar-refractivity contribution in [3.8, 4) is 17.2 Å². The van der Waals surface area contributed by atoms with Crippen molar-refractivity contribution in [2.24, 2.45) is 0 Å². The van der Waals surface area contributed by atoms with E-state index < -0.39 is 11.9 Å². The van der Waals surface area contributed by atoms with Gasteiger partial charge in [0.05, 0.1) is 0 Å². The monoisotopic (exact) mass is 433 g/mol. The lowest BCUT2D eigenvalue weighted by Gasteiger charge is -2.07. The Labute approximate surface area is 190 Å². The van der Waals surface area contributed by atoms with Crippen LogP contribution in [-0.2, 0) is 22.6 Å². The molecule has 0 aliphatic heterocycles. The molecular formula is C27H19N3O3. The summed E-state index contributed by atoms with van der Waals surface area (Å²) in [7, 11) is 0. The lowest BCUT2D eigenvalue weighted by Crippen LogP contribution is -2.13. The lowest BCUT2D eigenvalue weighted by molar-refractivity contribution is -0.137. The first-order valence-electron chi connectivity index (χ1n) is 10.5. The minimum Gasteiger partial charge on any atom is -0.480 e. The molecule has 5 rings (SSSR count). The zero-order valence-corrected chi connectivity index (χ0v) is 17.6. The van der Waals surface area contributed by atoms with Gasteiger partial charge in [0.15, 0.2) is 0 Å². The third-order valence-corrected chi connectivity index (χ3v) is 5.84. The van der Waals surface area contributed by atoms with E-state index in [1.807, 2.05) is 60.7 Å². The van der Waals surface area contributed by atoms with Gasteiger partial charge in [0, 0.05) is 28.4 Å². The highest BCUT2D eigenvalue weighted by atomic mass is 16.4. The Hall–Kier alpha value is -4.63. The molecule has 0 atom stereocenters. The molecule has 6 heteroatoms. The maximum Gasteiger partial charge on any atom is 0.323 e. The van der Waals surface area contributed by atoms with Crippen LogP contribution in [0.25, 0.3) is 28.1 Å². The predicted molar refractivity (Wildman–Crippen MR) is 126 cm³/mol. The highest BCUT2D eigenvalue weighted by Gasteiger charge is 2.19. The van der Waals surface area contributed by atoms with Crippen LogP contribution in [0.3, 0.4) is 0 Å². The van der Waals surface area contributed by atoms with Crippen LogP contribution in [-0.4, -0.2) is 21.6 Å². The number of hydrogen-bond acceptors (Lipinski definition) is 3. The zero-order chi connectivity index (χ0) is 22.9. The summed E-state index contributed by atoms with van der Waals surface area (Å²) in [5, 5.41) is 22.4. The maximum absolute atomic E-state index is 12.9. The number of nitriles is 1. The first-order valence-corrected chi connectivity index (χ1v) is 10.5. The molecule has 2 N–H and O–H groups in total. The van der Waals surface area contributed by atoms with E-state index in [-0.39, 0.29) is 12.1 Å². The summed E-state index contributed by atoms with van der Waals surface area (Å²) in [6.45, 7) is -0.208. The molecule has 1 amide bonds. The normalized spacial score (nSPS) is 12.2. The van der Waals surface area contributed by atoms with E-state index in [4.69, 9.17) is 0 Å². The van der Waals surface area contributed by atoms with Crippen LogP contribution in [0, 0.1) is 11.3 Å². The molecule has 6 nitrogen and oxygen atoms in total. The number of carboxylic acids is 1. The van der Waals surface area contributed by atoms with Crippen LogP contribution >= 0.6 is 0 Å². The molecule has 1 aliphatic rings. The average Bonchev–Trinajstić information content (AvgIpc) is 3.34. The Morgan fingerprint density at radius 3 is 2.61 bits per heavy atom. The van der Waals surface area contributed by atoms with Gasteiger partial charge in [0.2, 0.25) is 0 Å². The molecule has 1 heterocycles. The van der Waals surface area contributed by atoms with E-state index >= 15 is 0 Å². The van der Waals surface area contributed by atoms with Crippen LogP contribution in [0.5, 0.6) is 0 Å². The number of fused-ring (bicyclic) bond motifs is 4. The van der Waals surface area contributed by atoms with E-state index in [9.17, 15) is 20.0 Å². The second-order valence-corrected chi connectivity index (χ2v) is 7.95. The summed E-state index contributed by atoms with van der Waals surface area (Å²) in [6, 6.07) is 23.3. The number of aliphatic carboxylic acids is 1. The summed E-state index contributed by atoms with van der Waals surface area (Å²) < 4.78 is 1.59. The van der Waals surface area contributed by atoms with Gasteiger partial charge in [-0.3, -0.25) is 9.59 Å². The first kappa shape index (κ1) is 20.3. The second kappa shape index (κ2) is 8.13. The molecule has 0 radical (unpaired) electrons. The van der Waals surface area contributed by atoms with Crippen molar-refractivity contribution in [3.63, 3.8) is 0 Å². The quantitative estimate of drug-likeness (QED) is 0.306. The summed E-state index contributed by atoms with van der Waals surface area (Å²) in [5.41, 5.74) is 6.66. The molecule has 0 unspecified atom stereocenters. The minimum atomic E-state index is -0.969. The fourth-order valence-corrected chi connectivity index (χ4v) is 4.39. The number of carbonyl (C=O) groups is 2. The molecule has 0 fully saturated rings. The summed E-state index contributed by atoms with van der Waals surface area (Å²) in [4.78, 5) is 24.1. The van der Waals surface area contributed by atoms with Gasteiger partial charge in [0.1, 0.15) is 18.2 Å². The van der Waals surface area contributed by atoms with Crippen LogP contribution in [0.2, 0.25) is 0 Å². The number of carbonyl (C=O) groups excluding carboxylic acids is 1. The number of para-hydroxylation sites is 1. The predicted octanol–water partition coefficient (Wildman–Crippen LogP) is 4.84. The Kier molecular flexibility index (Phi) is 5.00. The van der Waals surface area contributed by atoms with Crippen molar-refractivity contribution in [3.05, 3.63) is 95.2 Å². The molecule has 0 bridgehead atoms. The van der Waals surface area contributed by atoms with Gasteiger partial charge in [-0.15, -0.1) is 0 Å². The molecule has 0 saturated carbocycles. The molecule has 33 heavy (non-hydrogen) atoms. The summed E-state index contributed by atoms with van der Waals surface area (Å²) in [5.74, 6) is -1.48. The van der Waals surface area contributed by atoms with Crippen LogP contribution < -0.4 is 5.32 Å². The topological polar surface area (TPSA) is 95.1 Å². The number of anilines is 1. The van der Waals surface area contributed by atoms with Crippen molar-refractivity contribution < 1.29 is 14.7 Å². The average molecular weight is 433 g/mol. The highest BCUT2D eigenvalue weighted by molar-refractivity contribution is 6.11. The van der Waals surface area contributed by atoms with Crippen molar-refractivity contribution in [1.29, 1.82) is 5.26 Å².